The number of nitrogens with zero attached hydrogens (tertiary/aromatic N) is 4. The van der Waals surface area contributed by atoms with Crippen LogP contribution in [0.3, 0.4) is 0 Å². The third-order valence-electron chi connectivity index (χ3n) is 5.64. The minimum absolute atomic E-state index is 0. The van der Waals surface area contributed by atoms with E-state index in [1.54, 1.807) is 10.9 Å². The van der Waals surface area contributed by atoms with Crippen LogP contribution < -0.4 is 16.0 Å². The lowest BCUT2D eigenvalue weighted by Gasteiger charge is -2.35. The third-order valence-corrected chi connectivity index (χ3v) is 5.64. The van der Waals surface area contributed by atoms with E-state index in [1.807, 2.05) is 66.8 Å². The van der Waals surface area contributed by atoms with Crippen LogP contribution >= 0.6 is 12.4 Å². The van der Waals surface area contributed by atoms with Crippen molar-refractivity contribution < 1.29 is 4.79 Å². The molecule has 0 saturated heterocycles. The first-order valence-electron chi connectivity index (χ1n) is 10.4. The van der Waals surface area contributed by atoms with Gasteiger partial charge >= 0.3 is 6.03 Å². The number of anilines is 1. The number of nitrogens with one attached hydrogen (secondary N) is 1. The summed E-state index contributed by atoms with van der Waals surface area (Å²) in [5, 5.41) is 7.27. The summed E-state index contributed by atoms with van der Waals surface area (Å²) in [5.74, 6) is 0.661. The zero-order chi connectivity index (χ0) is 20.9. The van der Waals surface area contributed by atoms with Gasteiger partial charge in [-0.25, -0.2) is 9.78 Å². The summed E-state index contributed by atoms with van der Waals surface area (Å²) in [6.07, 6.45) is 9.16. The molecule has 3 aromatic rings. The van der Waals surface area contributed by atoms with Gasteiger partial charge in [0.25, 0.3) is 0 Å². The SMILES string of the molecule is Cl.Cn1cc(-c2ccc(N(C(=O)NCc3ccccc3)[C@H]3CC[C@H](N)CC3)nc2)cn1. The number of aryl methyl sites for hydroxylation is 1. The number of hydrogen-bond acceptors (Lipinski definition) is 4. The van der Waals surface area contributed by atoms with Gasteiger partial charge in [-0.05, 0) is 43.4 Å². The van der Waals surface area contributed by atoms with Gasteiger partial charge in [-0.1, -0.05) is 30.3 Å². The highest BCUT2D eigenvalue weighted by atomic mass is 35.5. The first-order chi connectivity index (χ1) is 14.6. The average Bonchev–Trinajstić information content (AvgIpc) is 3.21. The number of carbonyl (C=O) groups is 1. The molecule has 0 spiro atoms. The Balaban J connectivity index is 0.00000272. The molecule has 0 unspecified atom stereocenters. The average molecular weight is 441 g/mol. The summed E-state index contributed by atoms with van der Waals surface area (Å²) in [5.41, 5.74) is 9.13. The van der Waals surface area contributed by atoms with Crippen molar-refractivity contribution >= 4 is 24.3 Å². The van der Waals surface area contributed by atoms with E-state index >= 15 is 0 Å². The molecule has 3 N–H and O–H groups in total. The fraction of sp³-hybridized carbons (Fsp3) is 0.348. The van der Waals surface area contributed by atoms with Crippen molar-refractivity contribution in [3.63, 3.8) is 0 Å². The van der Waals surface area contributed by atoms with E-state index in [4.69, 9.17) is 5.73 Å². The maximum atomic E-state index is 13.2. The molecule has 4 rings (SSSR count). The number of halogens is 1. The number of rotatable bonds is 5. The Hall–Kier alpha value is -2.90. The van der Waals surface area contributed by atoms with E-state index in [9.17, 15) is 4.79 Å². The predicted molar refractivity (Wildman–Crippen MR) is 125 cm³/mol. The Kier molecular flexibility index (Phi) is 7.65. The van der Waals surface area contributed by atoms with Gasteiger partial charge < -0.3 is 11.1 Å². The van der Waals surface area contributed by atoms with Gasteiger partial charge in [0, 0.05) is 49.2 Å². The second-order valence-electron chi connectivity index (χ2n) is 7.89. The lowest BCUT2D eigenvalue weighted by Crippen LogP contribution is -2.49. The topological polar surface area (TPSA) is 89.1 Å². The quantitative estimate of drug-likeness (QED) is 0.629. The van der Waals surface area contributed by atoms with Gasteiger partial charge in [-0.3, -0.25) is 9.58 Å². The lowest BCUT2D eigenvalue weighted by molar-refractivity contribution is 0.239. The first-order valence-corrected chi connectivity index (χ1v) is 10.4. The molecule has 1 fully saturated rings. The van der Waals surface area contributed by atoms with E-state index in [0.717, 1.165) is 42.4 Å². The van der Waals surface area contributed by atoms with Crippen LogP contribution in [0.15, 0.2) is 61.1 Å². The van der Waals surface area contributed by atoms with Crippen molar-refractivity contribution in [3.05, 3.63) is 66.6 Å². The number of pyridine rings is 1. The molecule has 2 amide bonds. The van der Waals surface area contributed by atoms with Crippen molar-refractivity contribution in [2.45, 2.75) is 44.3 Å². The molecular weight excluding hydrogens is 412 g/mol. The first kappa shape index (κ1) is 22.8. The van der Waals surface area contributed by atoms with Crippen molar-refractivity contribution in [2.75, 3.05) is 4.90 Å². The monoisotopic (exact) mass is 440 g/mol. The zero-order valence-corrected chi connectivity index (χ0v) is 18.5. The van der Waals surface area contributed by atoms with E-state index in [-0.39, 0.29) is 30.5 Å². The molecule has 2 heterocycles. The summed E-state index contributed by atoms with van der Waals surface area (Å²) in [7, 11) is 1.89. The molecule has 0 bridgehead atoms. The lowest BCUT2D eigenvalue weighted by atomic mass is 9.91. The number of amides is 2. The van der Waals surface area contributed by atoms with Crippen molar-refractivity contribution in [2.24, 2.45) is 12.8 Å². The van der Waals surface area contributed by atoms with Crippen LogP contribution in [0, 0.1) is 0 Å². The maximum absolute atomic E-state index is 13.2. The van der Waals surface area contributed by atoms with Crippen LogP contribution in [0.1, 0.15) is 31.2 Å². The minimum Gasteiger partial charge on any atom is -0.334 e. The number of hydrogen-bond donors (Lipinski definition) is 2. The van der Waals surface area contributed by atoms with E-state index in [0.29, 0.717) is 12.4 Å². The second-order valence-corrected chi connectivity index (χ2v) is 7.89. The molecule has 0 radical (unpaired) electrons. The molecule has 2 aromatic heterocycles. The van der Waals surface area contributed by atoms with Crippen LogP contribution in [0.4, 0.5) is 10.6 Å². The van der Waals surface area contributed by atoms with Gasteiger partial charge in [0.05, 0.1) is 6.20 Å². The summed E-state index contributed by atoms with van der Waals surface area (Å²) in [4.78, 5) is 19.6. The highest BCUT2D eigenvalue weighted by molar-refractivity contribution is 5.91. The Bertz CT molecular complexity index is 967. The fourth-order valence-electron chi connectivity index (χ4n) is 3.95. The molecular formula is C23H29ClN6O. The zero-order valence-electron chi connectivity index (χ0n) is 17.6. The number of benzene rings is 1. The van der Waals surface area contributed by atoms with Gasteiger partial charge in [0.1, 0.15) is 5.82 Å². The molecule has 7 nitrogen and oxygen atoms in total. The number of nitrogens with two attached hydrogens (primary N) is 1. The van der Waals surface area contributed by atoms with Crippen molar-refractivity contribution in [1.29, 1.82) is 0 Å². The van der Waals surface area contributed by atoms with Crippen LogP contribution in [0.5, 0.6) is 0 Å². The van der Waals surface area contributed by atoms with E-state index in [1.165, 1.54) is 0 Å². The van der Waals surface area contributed by atoms with Gasteiger partial charge in [0.15, 0.2) is 0 Å². The van der Waals surface area contributed by atoms with Crippen LogP contribution in [0.2, 0.25) is 0 Å². The summed E-state index contributed by atoms with van der Waals surface area (Å²) >= 11 is 0. The molecule has 164 valence electrons. The van der Waals surface area contributed by atoms with Crippen LogP contribution in [-0.4, -0.2) is 32.9 Å². The second kappa shape index (κ2) is 10.4. The number of urea groups is 1. The molecule has 1 aromatic carbocycles. The molecule has 0 atom stereocenters. The fourth-order valence-corrected chi connectivity index (χ4v) is 3.95. The van der Waals surface area contributed by atoms with Crippen LogP contribution in [0.25, 0.3) is 11.1 Å². The molecule has 1 aliphatic carbocycles. The highest BCUT2D eigenvalue weighted by Crippen LogP contribution is 2.27. The number of carbonyl (C=O) groups excluding carboxylic acids is 1. The molecule has 8 heteroatoms. The minimum atomic E-state index is -0.124. The normalized spacial score (nSPS) is 18.1. The number of aromatic nitrogens is 3. The van der Waals surface area contributed by atoms with Gasteiger partial charge in [-0.15, -0.1) is 12.4 Å². The molecule has 31 heavy (non-hydrogen) atoms. The third kappa shape index (κ3) is 5.62. The molecule has 1 saturated carbocycles. The van der Waals surface area contributed by atoms with E-state index in [2.05, 4.69) is 15.4 Å². The molecule has 0 aliphatic heterocycles. The van der Waals surface area contributed by atoms with Crippen molar-refractivity contribution in [3.8, 4) is 11.1 Å². The summed E-state index contributed by atoms with van der Waals surface area (Å²) < 4.78 is 1.76. The van der Waals surface area contributed by atoms with Crippen molar-refractivity contribution in [1.82, 2.24) is 20.1 Å². The smallest absolute Gasteiger partial charge is 0.323 e. The summed E-state index contributed by atoms with van der Waals surface area (Å²) in [6, 6.07) is 14.0. The predicted octanol–water partition coefficient (Wildman–Crippen LogP) is 3.89. The standard InChI is InChI=1S/C23H28N6O.ClH/c1-28-16-19(15-27-28)18-7-12-22(25-14-18)29(21-10-8-20(24)9-11-21)23(30)26-13-17-5-3-2-4-6-17;/h2-7,12,14-16,20-21H,8-11,13,24H2,1H3,(H,26,30);1H/t20-,21-;. The van der Waals surface area contributed by atoms with Crippen LogP contribution in [-0.2, 0) is 13.6 Å². The highest BCUT2D eigenvalue weighted by Gasteiger charge is 2.29. The Labute approximate surface area is 189 Å². The van der Waals surface area contributed by atoms with Gasteiger partial charge in [0.2, 0.25) is 0 Å². The van der Waals surface area contributed by atoms with Gasteiger partial charge in [-0.2, -0.15) is 5.10 Å². The Morgan fingerprint density at radius 2 is 1.84 bits per heavy atom. The largest absolute Gasteiger partial charge is 0.334 e. The van der Waals surface area contributed by atoms with E-state index < -0.39 is 0 Å². The Morgan fingerprint density at radius 1 is 1.10 bits per heavy atom. The molecule has 1 aliphatic rings. The summed E-state index contributed by atoms with van der Waals surface area (Å²) in [6.45, 7) is 0.482. The maximum Gasteiger partial charge on any atom is 0.323 e. The Morgan fingerprint density at radius 3 is 2.45 bits per heavy atom.